The summed E-state index contributed by atoms with van der Waals surface area (Å²) in [5, 5.41) is 15.0. The fourth-order valence-corrected chi connectivity index (χ4v) is 4.63. The lowest BCUT2D eigenvalue weighted by atomic mass is 10.0. The Morgan fingerprint density at radius 3 is 2.50 bits per heavy atom. The van der Waals surface area contributed by atoms with Crippen LogP contribution < -0.4 is 14.2 Å². The summed E-state index contributed by atoms with van der Waals surface area (Å²) in [5.74, 6) is 1.73. The summed E-state index contributed by atoms with van der Waals surface area (Å²) < 4.78 is 23.7. The number of fused-ring (bicyclic) bond motifs is 1. The molecule has 3 aromatic rings. The smallest absolute Gasteiger partial charge is 0.230 e. The number of aromatic hydroxyl groups is 1. The molecule has 1 aromatic carbocycles. The molecule has 0 saturated carbocycles. The summed E-state index contributed by atoms with van der Waals surface area (Å²) >= 11 is 1.40. The van der Waals surface area contributed by atoms with Gasteiger partial charge >= 0.3 is 0 Å². The van der Waals surface area contributed by atoms with Gasteiger partial charge in [0.25, 0.3) is 0 Å². The zero-order valence-corrected chi connectivity index (χ0v) is 16.7. The van der Waals surface area contributed by atoms with Crippen LogP contribution in [-0.4, -0.2) is 72.2 Å². The van der Waals surface area contributed by atoms with Crippen LogP contribution in [0.3, 0.4) is 0 Å². The highest BCUT2D eigenvalue weighted by atomic mass is 32.1. The third kappa shape index (κ3) is 3.03. The number of methoxy groups -OCH3 is 3. The van der Waals surface area contributed by atoms with Gasteiger partial charge in [0.15, 0.2) is 11.5 Å². The molecule has 0 radical (unpaired) electrons. The van der Waals surface area contributed by atoms with Gasteiger partial charge in [0, 0.05) is 18.7 Å². The molecule has 2 aromatic heterocycles. The summed E-state index contributed by atoms with van der Waals surface area (Å²) in [6, 6.07) is 3.51. The van der Waals surface area contributed by atoms with E-state index < -0.39 is 0 Å². The first-order chi connectivity index (χ1) is 13.7. The van der Waals surface area contributed by atoms with Crippen molar-refractivity contribution in [1.29, 1.82) is 0 Å². The molecule has 1 fully saturated rings. The van der Waals surface area contributed by atoms with Crippen molar-refractivity contribution in [3.63, 3.8) is 0 Å². The number of hydrogen-bond donors (Lipinski definition) is 1. The van der Waals surface area contributed by atoms with Gasteiger partial charge in [-0.25, -0.2) is 4.98 Å². The van der Waals surface area contributed by atoms with Crippen molar-refractivity contribution >= 4 is 16.3 Å². The van der Waals surface area contributed by atoms with Gasteiger partial charge in [-0.1, -0.05) is 11.3 Å². The molecule has 1 aliphatic heterocycles. The van der Waals surface area contributed by atoms with Gasteiger partial charge in [0.05, 0.1) is 45.5 Å². The number of ether oxygens (including phenoxy) is 4. The minimum absolute atomic E-state index is 0.0748. The number of aromatic nitrogens is 3. The third-order valence-corrected chi connectivity index (χ3v) is 5.91. The monoisotopic (exact) mass is 406 g/mol. The van der Waals surface area contributed by atoms with E-state index in [4.69, 9.17) is 18.9 Å². The van der Waals surface area contributed by atoms with Crippen molar-refractivity contribution < 1.29 is 24.1 Å². The number of hydrogen-bond acceptors (Lipinski definition) is 9. The first-order valence-electron chi connectivity index (χ1n) is 8.81. The Morgan fingerprint density at radius 1 is 1.11 bits per heavy atom. The van der Waals surface area contributed by atoms with E-state index in [0.29, 0.717) is 35.4 Å². The topological polar surface area (TPSA) is 90.6 Å². The van der Waals surface area contributed by atoms with Gasteiger partial charge in [-0.05, 0) is 12.1 Å². The van der Waals surface area contributed by atoms with E-state index in [2.05, 4.69) is 15.0 Å². The van der Waals surface area contributed by atoms with Crippen molar-refractivity contribution in [2.45, 2.75) is 6.04 Å². The summed E-state index contributed by atoms with van der Waals surface area (Å²) in [6.07, 6.45) is 1.43. The lowest BCUT2D eigenvalue weighted by Gasteiger charge is -2.35. The predicted octanol–water partition coefficient (Wildman–Crippen LogP) is 1.94. The molecule has 0 aliphatic carbocycles. The maximum Gasteiger partial charge on any atom is 0.230 e. The fraction of sp³-hybridized carbons (Fsp3) is 0.444. The summed E-state index contributed by atoms with van der Waals surface area (Å²) in [6.45, 7) is 2.67. The third-order valence-electron chi connectivity index (χ3n) is 4.83. The molecule has 3 heterocycles. The minimum Gasteiger partial charge on any atom is -0.493 e. The molecule has 1 atom stereocenters. The van der Waals surface area contributed by atoms with Gasteiger partial charge in [0.2, 0.25) is 16.6 Å². The first kappa shape index (κ1) is 18.8. The molecule has 1 aliphatic rings. The normalized spacial score (nSPS) is 16.2. The highest BCUT2D eigenvalue weighted by Gasteiger charge is 2.34. The zero-order valence-electron chi connectivity index (χ0n) is 15.9. The molecule has 9 nitrogen and oxygen atoms in total. The maximum atomic E-state index is 10.8. The lowest BCUT2D eigenvalue weighted by molar-refractivity contribution is 0.0236. The molecule has 0 spiro atoms. The molecule has 0 unspecified atom stereocenters. The van der Waals surface area contributed by atoms with Crippen LogP contribution in [0.15, 0.2) is 18.5 Å². The predicted molar refractivity (Wildman–Crippen MR) is 103 cm³/mol. The Hall–Kier alpha value is -2.56. The Labute approximate surface area is 166 Å². The highest BCUT2D eigenvalue weighted by molar-refractivity contribution is 7.17. The fourth-order valence-electron chi connectivity index (χ4n) is 3.55. The second kappa shape index (κ2) is 7.82. The molecule has 10 heteroatoms. The van der Waals surface area contributed by atoms with Gasteiger partial charge in [-0.2, -0.15) is 9.61 Å². The Morgan fingerprint density at radius 2 is 1.86 bits per heavy atom. The molecule has 150 valence electrons. The quantitative estimate of drug-likeness (QED) is 0.664. The number of nitrogens with zero attached hydrogens (tertiary/aromatic N) is 4. The molecule has 0 bridgehead atoms. The molecule has 0 amide bonds. The second-order valence-corrected chi connectivity index (χ2v) is 7.23. The van der Waals surface area contributed by atoms with Gasteiger partial charge in [-0.3, -0.25) is 4.90 Å². The maximum absolute atomic E-state index is 10.8. The van der Waals surface area contributed by atoms with Crippen molar-refractivity contribution in [3.05, 3.63) is 28.9 Å². The average Bonchev–Trinajstić information content (AvgIpc) is 3.32. The summed E-state index contributed by atoms with van der Waals surface area (Å²) in [5.41, 5.74) is 0.863. The van der Waals surface area contributed by atoms with Crippen LogP contribution in [0.4, 0.5) is 0 Å². The van der Waals surface area contributed by atoms with Gasteiger partial charge in [0.1, 0.15) is 6.33 Å². The Bertz CT molecular complexity index is 966. The van der Waals surface area contributed by atoms with Crippen molar-refractivity contribution in [2.24, 2.45) is 0 Å². The van der Waals surface area contributed by atoms with Crippen LogP contribution in [0.5, 0.6) is 23.1 Å². The van der Waals surface area contributed by atoms with Crippen molar-refractivity contribution in [1.82, 2.24) is 19.5 Å². The van der Waals surface area contributed by atoms with Crippen LogP contribution in [-0.2, 0) is 4.74 Å². The first-order valence-corrected chi connectivity index (χ1v) is 9.63. The summed E-state index contributed by atoms with van der Waals surface area (Å²) in [4.78, 5) is 7.83. The second-order valence-electron chi connectivity index (χ2n) is 6.22. The number of rotatable bonds is 6. The molecule has 28 heavy (non-hydrogen) atoms. The molecular weight excluding hydrogens is 384 g/mol. The van der Waals surface area contributed by atoms with Crippen LogP contribution >= 0.6 is 11.3 Å². The van der Waals surface area contributed by atoms with E-state index in [-0.39, 0.29) is 11.9 Å². The largest absolute Gasteiger partial charge is 0.493 e. The van der Waals surface area contributed by atoms with Crippen LogP contribution in [0.25, 0.3) is 4.96 Å². The zero-order chi connectivity index (χ0) is 19.7. The van der Waals surface area contributed by atoms with Gasteiger partial charge in [-0.15, -0.1) is 0 Å². The molecular formula is C18H22N4O5S. The Kier molecular flexibility index (Phi) is 5.25. The number of morpholine rings is 1. The van der Waals surface area contributed by atoms with E-state index in [1.165, 1.54) is 22.2 Å². The van der Waals surface area contributed by atoms with E-state index in [0.717, 1.165) is 23.5 Å². The molecule has 1 N–H and O–H groups in total. The van der Waals surface area contributed by atoms with E-state index in [1.807, 2.05) is 12.1 Å². The van der Waals surface area contributed by atoms with Crippen molar-refractivity contribution in [2.75, 3.05) is 47.6 Å². The highest BCUT2D eigenvalue weighted by Crippen LogP contribution is 2.48. The number of benzene rings is 1. The molecule has 1 saturated heterocycles. The van der Waals surface area contributed by atoms with Crippen LogP contribution in [0.1, 0.15) is 16.5 Å². The van der Waals surface area contributed by atoms with Crippen molar-refractivity contribution in [3.8, 4) is 23.1 Å². The van der Waals surface area contributed by atoms with Gasteiger partial charge < -0.3 is 24.1 Å². The Balaban J connectivity index is 1.91. The van der Waals surface area contributed by atoms with E-state index in [1.54, 1.807) is 21.3 Å². The van der Waals surface area contributed by atoms with E-state index in [9.17, 15) is 5.11 Å². The average molecular weight is 406 g/mol. The van der Waals surface area contributed by atoms with E-state index >= 15 is 0 Å². The molecule has 4 rings (SSSR count). The lowest BCUT2D eigenvalue weighted by Crippen LogP contribution is -2.39. The minimum atomic E-state index is -0.271. The van der Waals surface area contributed by atoms with Crippen LogP contribution in [0, 0.1) is 0 Å². The standard InChI is InChI=1S/C18H22N4O5S/c1-24-12-5-4-11(14(25-2)15(12)26-3)13(21-6-8-27-9-7-21)16-17(23)22-18(28-16)19-10-20-22/h4-5,10,13,23H,6-9H2,1-3H3/t13-/m0/s1. The van der Waals surface area contributed by atoms with Crippen LogP contribution in [0.2, 0.25) is 0 Å². The summed E-state index contributed by atoms with van der Waals surface area (Å²) in [7, 11) is 4.76. The number of thiazole rings is 1. The SMILES string of the molecule is COc1ccc([C@@H](c2sc3ncnn3c2O)N2CCOCC2)c(OC)c1OC.